The molecule has 7 atom stereocenters. The van der Waals surface area contributed by atoms with Gasteiger partial charge < -0.3 is 105 Å². The van der Waals surface area contributed by atoms with Gasteiger partial charge in [-0.2, -0.15) is 0 Å². The minimum atomic E-state index is -0.723. The van der Waals surface area contributed by atoms with Gasteiger partial charge in [-0.25, -0.2) is 0 Å². The highest BCUT2D eigenvalue weighted by molar-refractivity contribution is 5.77. The monoisotopic (exact) mass is 1290 g/mol. The molecule has 0 amide bonds. The number of hydrogen-bond acceptors (Lipinski definition) is 20. The van der Waals surface area contributed by atoms with Crippen LogP contribution in [0.25, 0.3) is 0 Å². The van der Waals surface area contributed by atoms with Crippen LogP contribution in [0.5, 0.6) is 57.5 Å². The molecule has 91 heavy (non-hydrogen) atoms. The van der Waals surface area contributed by atoms with Crippen molar-refractivity contribution in [2.75, 3.05) is 55.4 Å². The van der Waals surface area contributed by atoms with Crippen molar-refractivity contribution in [1.29, 1.82) is 0 Å². The predicted molar refractivity (Wildman–Crippen MR) is 348 cm³/mol. The summed E-state index contributed by atoms with van der Waals surface area (Å²) in [5.41, 5.74) is 2.25. The second-order valence-electron chi connectivity index (χ2n) is 22.0. The van der Waals surface area contributed by atoms with Gasteiger partial charge in [-0.05, 0) is 164 Å². The van der Waals surface area contributed by atoms with E-state index in [2.05, 4.69) is 27.7 Å². The Morgan fingerprint density at radius 1 is 0.571 bits per heavy atom. The van der Waals surface area contributed by atoms with Crippen LogP contribution in [-0.4, -0.2) is 149 Å². The Labute approximate surface area is 535 Å². The van der Waals surface area contributed by atoms with E-state index in [-0.39, 0.29) is 74.4 Å². The third kappa shape index (κ3) is 29.2. The molecule has 18 N–H and O–H groups in total. The Kier molecular flexibility index (Phi) is 43.5. The standard InChI is InChI=1S/C18H26O4.C12H18O4.C10H20O2.3C8H8O3.C3H8O.4H2O/c1-11-5-7-13-15(9-11)21-17(22-18(13,2)3)12-6-8-14(19)16(10-12)20-4;1-4-15-12(16-5-2)9-6-7-10(13)11(8-9)14-3;1-7-4-5-8(9(11)6-7)10(2,3)12;3*1-11-8-4-6(5-9)2-3-7(8)10;1-2-3-4;;;;/h6,8,10-11,13,15,17,19H,5,7,9H2,1-4H3;6-8,12-13H,4-5H2,1-3H3;7-9,11-12H,4-6H2,1-3H3;3*2-5,10H,1H3;4H,2-3H2,1H3;4*1H2/p+2/t11-,13-,15-,17?;;7-,8-,9-;;;;;;;;/m1.1......../s1. The molecule has 1 heterocycles. The molecule has 24 nitrogen and oxygen atoms in total. The lowest BCUT2D eigenvalue weighted by atomic mass is 9.72. The molecule has 2 aliphatic carbocycles. The maximum atomic E-state index is 10.2. The SMILES string of the molecule is CCCO.CCOC(OCC)c1ccc(O)c(OC)c1.COc1cc(C2O[C@@H]3C[C@H](C)CC[C@H]3C(C)(C)O2)ccc1O.COc1cc(C=O)ccc1O.COc1cc(C=O)ccc1O.COc1cc(C=O)ccc1O.C[C@@H]1CC[C@@H](C(C)(C)O)[C@H](O)C1.O.O.[OH3+].[OH3+]. The van der Waals surface area contributed by atoms with Crippen molar-refractivity contribution >= 4 is 18.9 Å². The van der Waals surface area contributed by atoms with E-state index < -0.39 is 18.2 Å². The molecule has 5 aromatic carbocycles. The van der Waals surface area contributed by atoms with Gasteiger partial charge in [0.15, 0.2) is 70.1 Å². The summed E-state index contributed by atoms with van der Waals surface area (Å²) in [5.74, 6) is 3.98. The van der Waals surface area contributed by atoms with Gasteiger partial charge in [0.05, 0.1) is 59.0 Å². The van der Waals surface area contributed by atoms with Gasteiger partial charge in [0.25, 0.3) is 0 Å². The molecule has 0 bridgehead atoms. The van der Waals surface area contributed by atoms with E-state index in [1.54, 1.807) is 51.3 Å². The van der Waals surface area contributed by atoms with Gasteiger partial charge >= 0.3 is 0 Å². The molecule has 8 rings (SSSR count). The number of rotatable bonds is 16. The fraction of sp³-hybridized carbons (Fsp3) is 0.507. The third-order valence-electron chi connectivity index (χ3n) is 14.5. The van der Waals surface area contributed by atoms with Crippen LogP contribution in [-0.2, 0) is 29.9 Å². The summed E-state index contributed by atoms with van der Waals surface area (Å²) in [7, 11) is 7.36. The molecule has 1 unspecified atom stereocenters. The first-order valence-corrected chi connectivity index (χ1v) is 29.1. The number of carbonyl (C=O) groups excluding carboxylic acids is 3. The molecule has 0 spiro atoms. The minimum Gasteiger partial charge on any atom is -0.504 e. The fourth-order valence-corrected chi connectivity index (χ4v) is 9.67. The highest BCUT2D eigenvalue weighted by Crippen LogP contribution is 2.48. The zero-order valence-electron chi connectivity index (χ0n) is 55.2. The van der Waals surface area contributed by atoms with Gasteiger partial charge in [0.1, 0.15) is 18.9 Å². The van der Waals surface area contributed by atoms with E-state index in [0.29, 0.717) is 102 Å². The molecule has 3 aliphatic rings. The quantitative estimate of drug-likeness (QED) is 0.0260. The first-order chi connectivity index (χ1) is 41.3. The molecular weight excluding hydrogens is 1190 g/mol. The van der Waals surface area contributed by atoms with Gasteiger partial charge in [0.2, 0.25) is 0 Å². The second kappa shape index (κ2) is 45.0. The second-order valence-corrected chi connectivity index (χ2v) is 22.0. The molecule has 0 radical (unpaired) electrons. The van der Waals surface area contributed by atoms with Crippen LogP contribution in [0.2, 0.25) is 0 Å². The van der Waals surface area contributed by atoms with E-state index in [9.17, 15) is 34.8 Å². The molecular formula is C67H106O24+2. The summed E-state index contributed by atoms with van der Waals surface area (Å²) in [6.07, 6.45) is 8.48. The first kappa shape index (κ1) is 87.9. The first-order valence-electron chi connectivity index (χ1n) is 29.1. The van der Waals surface area contributed by atoms with E-state index in [0.717, 1.165) is 49.7 Å². The number of aromatic hydroxyl groups is 5. The Bertz CT molecular complexity index is 2660. The number of phenolic OH excluding ortho intramolecular Hbond substituents is 5. The van der Waals surface area contributed by atoms with Crippen molar-refractivity contribution in [2.45, 2.75) is 143 Å². The van der Waals surface area contributed by atoms with Gasteiger partial charge in [-0.15, -0.1) is 0 Å². The van der Waals surface area contributed by atoms with Crippen molar-refractivity contribution < 1.29 is 120 Å². The molecule has 0 aromatic heterocycles. The number of hydrogen-bond donors (Lipinski definition) is 8. The van der Waals surface area contributed by atoms with Crippen molar-refractivity contribution in [3.05, 3.63) is 119 Å². The maximum absolute atomic E-state index is 10.2. The average Bonchev–Trinajstić information content (AvgIpc) is 1.44. The molecule has 24 heteroatoms. The van der Waals surface area contributed by atoms with Crippen LogP contribution in [0, 0.1) is 23.7 Å². The largest absolute Gasteiger partial charge is 0.504 e. The molecule has 5 aromatic rings. The van der Waals surface area contributed by atoms with Gasteiger partial charge in [-0.3, -0.25) is 14.4 Å². The zero-order chi connectivity index (χ0) is 65.4. The van der Waals surface area contributed by atoms with E-state index in [1.165, 1.54) is 89.5 Å². The third-order valence-corrected chi connectivity index (χ3v) is 14.5. The van der Waals surface area contributed by atoms with E-state index in [4.69, 9.17) is 63.1 Å². The number of aliphatic hydroxyl groups is 3. The summed E-state index contributed by atoms with van der Waals surface area (Å²) in [6.45, 7) is 19.5. The topological polar surface area (TPSA) is 425 Å². The molecule has 1 aliphatic heterocycles. The molecule has 1 saturated heterocycles. The molecule has 3 fully saturated rings. The van der Waals surface area contributed by atoms with Crippen LogP contribution in [0.3, 0.4) is 0 Å². The van der Waals surface area contributed by atoms with Crippen LogP contribution >= 0.6 is 0 Å². The van der Waals surface area contributed by atoms with Gasteiger partial charge in [0, 0.05) is 59.5 Å². The molecule has 2 saturated carbocycles. The van der Waals surface area contributed by atoms with Crippen molar-refractivity contribution in [2.24, 2.45) is 23.7 Å². The zero-order valence-corrected chi connectivity index (χ0v) is 55.2. The predicted octanol–water partition coefficient (Wildman–Crippen LogP) is 8.59. The van der Waals surface area contributed by atoms with Crippen LogP contribution < -0.4 is 23.7 Å². The number of methoxy groups -OCH3 is 5. The van der Waals surface area contributed by atoms with Crippen LogP contribution in [0.15, 0.2) is 91.0 Å². The Morgan fingerprint density at radius 2 is 0.934 bits per heavy atom. The lowest BCUT2D eigenvalue weighted by Crippen LogP contribution is -2.51. The van der Waals surface area contributed by atoms with Crippen molar-refractivity contribution in [3.63, 3.8) is 0 Å². The van der Waals surface area contributed by atoms with Crippen molar-refractivity contribution in [1.82, 2.24) is 0 Å². The summed E-state index contributed by atoms with van der Waals surface area (Å²) in [4.78, 5) is 30.7. The fourth-order valence-electron chi connectivity index (χ4n) is 9.67. The Hall–Kier alpha value is -7.33. The Balaban J connectivity index is -0.00000102. The highest BCUT2D eigenvalue weighted by atomic mass is 16.7. The van der Waals surface area contributed by atoms with E-state index in [1.807, 2.05) is 26.8 Å². The lowest BCUT2D eigenvalue weighted by molar-refractivity contribution is -0.314. The number of fused-ring (bicyclic) bond motifs is 1. The van der Waals surface area contributed by atoms with Gasteiger partial charge in [-0.1, -0.05) is 45.7 Å². The van der Waals surface area contributed by atoms with Crippen LogP contribution in [0.1, 0.15) is 162 Å². The Morgan fingerprint density at radius 3 is 1.30 bits per heavy atom. The smallest absolute Gasteiger partial charge is 0.184 e. The van der Waals surface area contributed by atoms with Crippen LogP contribution in [0.4, 0.5) is 0 Å². The number of aliphatic hydroxyl groups excluding tert-OH is 2. The summed E-state index contributed by atoms with van der Waals surface area (Å²) in [5, 5.41) is 73.8. The summed E-state index contributed by atoms with van der Waals surface area (Å²) in [6, 6.07) is 23.5. The molecule has 516 valence electrons. The minimum absolute atomic E-state index is 0. The average molecular weight is 1300 g/mol. The number of benzene rings is 5. The lowest BCUT2D eigenvalue weighted by Gasteiger charge is -2.50. The number of ether oxygens (including phenoxy) is 9. The highest BCUT2D eigenvalue weighted by Gasteiger charge is 2.47. The maximum Gasteiger partial charge on any atom is 0.184 e. The number of aldehydes is 3. The van der Waals surface area contributed by atoms with E-state index >= 15 is 0 Å². The number of carbonyl (C=O) groups is 3. The van der Waals surface area contributed by atoms with Crippen molar-refractivity contribution in [3.8, 4) is 57.5 Å². The normalized spacial score (nSPS) is 18.8. The number of phenols is 5. The summed E-state index contributed by atoms with van der Waals surface area (Å²) >= 11 is 0. The summed E-state index contributed by atoms with van der Waals surface area (Å²) < 4.78 is 48.0.